The van der Waals surface area contributed by atoms with Crippen LogP contribution in [0.3, 0.4) is 0 Å². The third-order valence-corrected chi connectivity index (χ3v) is 2.25. The van der Waals surface area contributed by atoms with Crippen LogP contribution in [0.2, 0.25) is 0 Å². The van der Waals surface area contributed by atoms with Crippen molar-refractivity contribution in [1.82, 2.24) is 5.32 Å². The van der Waals surface area contributed by atoms with Gasteiger partial charge in [0.05, 0.1) is 25.3 Å². The van der Waals surface area contributed by atoms with E-state index in [-0.39, 0.29) is 5.56 Å². The molecule has 1 aromatic carbocycles. The van der Waals surface area contributed by atoms with Gasteiger partial charge in [-0.25, -0.2) is 4.79 Å². The molecule has 1 rings (SSSR count). The third-order valence-electron chi connectivity index (χ3n) is 2.25. The highest BCUT2D eigenvalue weighted by Crippen LogP contribution is 2.03. The molecular weight excluding hydrogens is 236 g/mol. The molecule has 0 fully saturated rings. The molecule has 0 heterocycles. The van der Waals surface area contributed by atoms with Gasteiger partial charge in [-0.05, 0) is 24.3 Å². The largest absolute Gasteiger partial charge is 0.467 e. The first-order valence-electron chi connectivity index (χ1n) is 5.12. The van der Waals surface area contributed by atoms with Gasteiger partial charge in [0.25, 0.3) is 5.91 Å². The summed E-state index contributed by atoms with van der Waals surface area (Å²) in [6.07, 6.45) is 0. The van der Waals surface area contributed by atoms with Gasteiger partial charge in [0, 0.05) is 5.56 Å². The molecule has 0 aliphatic heterocycles. The van der Waals surface area contributed by atoms with Crippen LogP contribution in [-0.4, -0.2) is 36.7 Å². The maximum absolute atomic E-state index is 11.7. The summed E-state index contributed by atoms with van der Waals surface area (Å²) in [6.45, 7) is -0.547. The molecule has 1 aromatic rings. The Hall–Kier alpha value is -2.39. The van der Waals surface area contributed by atoms with Crippen molar-refractivity contribution in [2.45, 2.75) is 6.04 Å². The summed E-state index contributed by atoms with van der Waals surface area (Å²) in [5.74, 6) is -1.25. The number of rotatable bonds is 4. The molecule has 1 amide bonds. The lowest BCUT2D eigenvalue weighted by Gasteiger charge is -2.13. The van der Waals surface area contributed by atoms with E-state index >= 15 is 0 Å². The quantitative estimate of drug-likeness (QED) is 0.720. The summed E-state index contributed by atoms with van der Waals surface area (Å²) in [5.41, 5.74) is 0.717. The number of carbonyl (C=O) groups excluding carboxylic acids is 2. The number of carbonyl (C=O) groups is 2. The van der Waals surface area contributed by atoms with Crippen molar-refractivity contribution < 1.29 is 19.4 Å². The lowest BCUT2D eigenvalue weighted by Crippen LogP contribution is -2.44. The molecular formula is C12H12N2O4. The number of nitrogens with zero attached hydrogens (tertiary/aromatic N) is 1. The second kappa shape index (κ2) is 6.37. The normalized spacial score (nSPS) is 11.2. The number of aliphatic hydroxyl groups excluding tert-OH is 1. The molecule has 1 unspecified atom stereocenters. The molecule has 0 saturated heterocycles. The summed E-state index contributed by atoms with van der Waals surface area (Å²) in [4.78, 5) is 22.9. The second-order valence-electron chi connectivity index (χ2n) is 3.42. The smallest absolute Gasteiger partial charge is 0.330 e. The number of esters is 1. The molecule has 0 saturated carbocycles. The first-order valence-corrected chi connectivity index (χ1v) is 5.12. The van der Waals surface area contributed by atoms with E-state index in [0.717, 1.165) is 0 Å². The van der Waals surface area contributed by atoms with Crippen molar-refractivity contribution in [3.8, 4) is 6.07 Å². The lowest BCUT2D eigenvalue weighted by molar-refractivity contribution is -0.143. The minimum atomic E-state index is -1.10. The Labute approximate surface area is 104 Å². The van der Waals surface area contributed by atoms with E-state index in [1.165, 1.54) is 31.4 Å². The fourth-order valence-corrected chi connectivity index (χ4v) is 1.26. The van der Waals surface area contributed by atoms with Gasteiger partial charge in [-0.2, -0.15) is 5.26 Å². The van der Waals surface area contributed by atoms with Crippen molar-refractivity contribution in [2.75, 3.05) is 13.7 Å². The number of benzene rings is 1. The minimum absolute atomic E-state index is 0.288. The second-order valence-corrected chi connectivity index (χ2v) is 3.42. The van der Waals surface area contributed by atoms with Gasteiger partial charge >= 0.3 is 5.97 Å². The van der Waals surface area contributed by atoms with Gasteiger partial charge < -0.3 is 15.2 Å². The highest BCUT2D eigenvalue weighted by Gasteiger charge is 2.20. The average Bonchev–Trinajstić information content (AvgIpc) is 2.43. The fourth-order valence-electron chi connectivity index (χ4n) is 1.26. The zero-order valence-corrected chi connectivity index (χ0v) is 9.71. The SMILES string of the molecule is COC(=O)C(CO)NC(=O)c1ccc(C#N)cc1. The van der Waals surface area contributed by atoms with Gasteiger partial charge in [0.1, 0.15) is 0 Å². The fraction of sp³-hybridized carbons (Fsp3) is 0.250. The van der Waals surface area contributed by atoms with Gasteiger partial charge in [0.2, 0.25) is 0 Å². The molecule has 0 aliphatic rings. The highest BCUT2D eigenvalue weighted by atomic mass is 16.5. The molecule has 6 heteroatoms. The van der Waals surface area contributed by atoms with Crippen LogP contribution in [0.15, 0.2) is 24.3 Å². The third kappa shape index (κ3) is 3.30. The number of hydrogen-bond donors (Lipinski definition) is 2. The Bertz CT molecular complexity index is 476. The van der Waals surface area contributed by atoms with E-state index in [0.29, 0.717) is 5.56 Å². The lowest BCUT2D eigenvalue weighted by atomic mass is 10.1. The van der Waals surface area contributed by atoms with E-state index in [2.05, 4.69) is 10.1 Å². The van der Waals surface area contributed by atoms with E-state index in [9.17, 15) is 9.59 Å². The van der Waals surface area contributed by atoms with Crippen molar-refractivity contribution in [3.05, 3.63) is 35.4 Å². The Morgan fingerprint density at radius 3 is 2.50 bits per heavy atom. The zero-order valence-electron chi connectivity index (χ0n) is 9.71. The van der Waals surface area contributed by atoms with Crippen molar-refractivity contribution in [2.24, 2.45) is 0 Å². The van der Waals surface area contributed by atoms with Crippen LogP contribution >= 0.6 is 0 Å². The van der Waals surface area contributed by atoms with Crippen LogP contribution in [0.1, 0.15) is 15.9 Å². The predicted molar refractivity (Wildman–Crippen MR) is 61.5 cm³/mol. The Morgan fingerprint density at radius 1 is 1.44 bits per heavy atom. The van der Waals surface area contributed by atoms with Crippen LogP contribution in [0.5, 0.6) is 0 Å². The Morgan fingerprint density at radius 2 is 2.06 bits per heavy atom. The van der Waals surface area contributed by atoms with Gasteiger partial charge in [-0.1, -0.05) is 0 Å². The standard InChI is InChI=1S/C12H12N2O4/c1-18-12(17)10(7-15)14-11(16)9-4-2-8(6-13)3-5-9/h2-5,10,15H,7H2,1H3,(H,14,16). The number of ether oxygens (including phenoxy) is 1. The average molecular weight is 248 g/mol. The minimum Gasteiger partial charge on any atom is -0.467 e. The summed E-state index contributed by atoms with van der Waals surface area (Å²) < 4.78 is 4.42. The summed E-state index contributed by atoms with van der Waals surface area (Å²) in [5, 5.41) is 19.9. The molecule has 0 radical (unpaired) electrons. The van der Waals surface area contributed by atoms with Crippen LogP contribution < -0.4 is 5.32 Å². The predicted octanol–water partition coefficient (Wildman–Crippen LogP) is -0.178. The molecule has 0 aliphatic carbocycles. The maximum Gasteiger partial charge on any atom is 0.330 e. The van der Waals surface area contributed by atoms with Crippen LogP contribution in [0.25, 0.3) is 0 Å². The summed E-state index contributed by atoms with van der Waals surface area (Å²) in [7, 11) is 1.17. The number of aliphatic hydroxyl groups is 1. The zero-order chi connectivity index (χ0) is 13.5. The van der Waals surface area contributed by atoms with Gasteiger partial charge in [-0.15, -0.1) is 0 Å². The summed E-state index contributed by atoms with van der Waals surface area (Å²) in [6, 6.07) is 6.72. The Balaban J connectivity index is 2.75. The number of nitrogens with one attached hydrogen (secondary N) is 1. The molecule has 0 bridgehead atoms. The van der Waals surface area contributed by atoms with E-state index in [4.69, 9.17) is 10.4 Å². The van der Waals surface area contributed by atoms with Gasteiger partial charge in [0.15, 0.2) is 6.04 Å². The summed E-state index contributed by atoms with van der Waals surface area (Å²) >= 11 is 0. The molecule has 1 atom stereocenters. The highest BCUT2D eigenvalue weighted by molar-refractivity contribution is 5.96. The number of nitriles is 1. The molecule has 0 spiro atoms. The van der Waals surface area contributed by atoms with Gasteiger partial charge in [-0.3, -0.25) is 4.79 Å². The Kier molecular flexibility index (Phi) is 4.84. The van der Waals surface area contributed by atoms with Crippen LogP contribution in [0.4, 0.5) is 0 Å². The molecule has 6 nitrogen and oxygen atoms in total. The van der Waals surface area contributed by atoms with Crippen LogP contribution in [-0.2, 0) is 9.53 Å². The maximum atomic E-state index is 11.7. The first-order chi connectivity index (χ1) is 8.62. The van der Waals surface area contributed by atoms with Crippen molar-refractivity contribution >= 4 is 11.9 Å². The molecule has 18 heavy (non-hydrogen) atoms. The number of amides is 1. The van der Waals surface area contributed by atoms with Crippen molar-refractivity contribution in [1.29, 1.82) is 5.26 Å². The first kappa shape index (κ1) is 13.7. The topological polar surface area (TPSA) is 99.4 Å². The van der Waals surface area contributed by atoms with E-state index in [1.807, 2.05) is 6.07 Å². The van der Waals surface area contributed by atoms with E-state index in [1.54, 1.807) is 0 Å². The molecule has 0 aromatic heterocycles. The number of hydrogen-bond acceptors (Lipinski definition) is 5. The molecule has 94 valence electrons. The number of methoxy groups -OCH3 is 1. The van der Waals surface area contributed by atoms with Crippen molar-refractivity contribution in [3.63, 3.8) is 0 Å². The van der Waals surface area contributed by atoms with E-state index < -0.39 is 24.5 Å². The van der Waals surface area contributed by atoms with Crippen LogP contribution in [0, 0.1) is 11.3 Å². The molecule has 2 N–H and O–H groups in total. The monoisotopic (exact) mass is 248 g/mol.